The molecule has 112 valence electrons. The van der Waals surface area contributed by atoms with E-state index in [0.29, 0.717) is 19.7 Å². The van der Waals surface area contributed by atoms with Crippen LogP contribution in [-0.2, 0) is 4.74 Å². The lowest BCUT2D eigenvalue weighted by molar-refractivity contribution is 0.152. The molecule has 0 spiro atoms. The Balaban J connectivity index is 2.27. The summed E-state index contributed by atoms with van der Waals surface area (Å²) in [6, 6.07) is 3.82. The SMILES string of the molecule is CCOC(=O)NCCNC(=O)N(C)[C@@H](C)c1cccs1. The fourth-order valence-corrected chi connectivity index (χ4v) is 2.36. The molecule has 7 heteroatoms. The van der Waals surface area contributed by atoms with Gasteiger partial charge in [0.25, 0.3) is 0 Å². The number of ether oxygens (including phenoxy) is 1. The van der Waals surface area contributed by atoms with E-state index in [1.54, 1.807) is 30.2 Å². The summed E-state index contributed by atoms with van der Waals surface area (Å²) in [5.41, 5.74) is 0. The van der Waals surface area contributed by atoms with Gasteiger partial charge in [0.1, 0.15) is 0 Å². The van der Waals surface area contributed by atoms with Crippen molar-refractivity contribution < 1.29 is 14.3 Å². The third kappa shape index (κ3) is 5.08. The van der Waals surface area contributed by atoms with Crippen molar-refractivity contribution in [3.8, 4) is 0 Å². The van der Waals surface area contributed by atoms with Gasteiger partial charge in [0, 0.05) is 25.0 Å². The number of rotatable bonds is 6. The lowest BCUT2D eigenvalue weighted by atomic mass is 10.2. The zero-order chi connectivity index (χ0) is 15.0. The summed E-state index contributed by atoms with van der Waals surface area (Å²) in [6.07, 6.45) is -0.470. The van der Waals surface area contributed by atoms with Crippen molar-refractivity contribution in [2.45, 2.75) is 19.9 Å². The minimum absolute atomic E-state index is 0.0213. The van der Waals surface area contributed by atoms with Crippen LogP contribution in [0.2, 0.25) is 0 Å². The minimum Gasteiger partial charge on any atom is -0.450 e. The van der Waals surface area contributed by atoms with Crippen LogP contribution in [0.15, 0.2) is 17.5 Å². The molecular formula is C13H21N3O3S. The van der Waals surface area contributed by atoms with Crippen LogP contribution >= 0.6 is 11.3 Å². The Kier molecular flexibility index (Phi) is 6.86. The first-order valence-electron chi connectivity index (χ1n) is 6.51. The third-order valence-corrected chi connectivity index (χ3v) is 3.84. The van der Waals surface area contributed by atoms with Crippen molar-refractivity contribution in [1.82, 2.24) is 15.5 Å². The summed E-state index contributed by atoms with van der Waals surface area (Å²) in [4.78, 5) is 25.7. The molecule has 0 aliphatic heterocycles. The standard InChI is InChI=1S/C13H21N3O3S/c1-4-19-13(18)15-8-7-14-12(17)16(3)10(2)11-6-5-9-20-11/h5-6,9-10H,4,7-8H2,1-3H3,(H,14,17)(H,15,18)/t10-/m0/s1. The number of thiophene rings is 1. The Morgan fingerprint density at radius 2 is 2.10 bits per heavy atom. The maximum absolute atomic E-state index is 11.9. The van der Waals surface area contributed by atoms with Crippen LogP contribution in [-0.4, -0.2) is 43.8 Å². The molecule has 0 aliphatic carbocycles. The zero-order valence-corrected chi connectivity index (χ0v) is 12.8. The fourth-order valence-electron chi connectivity index (χ4n) is 1.54. The van der Waals surface area contributed by atoms with Gasteiger partial charge in [-0.2, -0.15) is 0 Å². The second-order valence-electron chi connectivity index (χ2n) is 4.18. The van der Waals surface area contributed by atoms with E-state index in [1.807, 2.05) is 24.4 Å². The number of carbonyl (C=O) groups is 2. The number of amides is 3. The van der Waals surface area contributed by atoms with Gasteiger partial charge in [-0.25, -0.2) is 9.59 Å². The highest BCUT2D eigenvalue weighted by molar-refractivity contribution is 7.10. The zero-order valence-electron chi connectivity index (χ0n) is 12.0. The maximum atomic E-state index is 11.9. The quantitative estimate of drug-likeness (QED) is 0.791. The highest BCUT2D eigenvalue weighted by Crippen LogP contribution is 2.23. The van der Waals surface area contributed by atoms with E-state index in [9.17, 15) is 9.59 Å². The Labute approximate surface area is 123 Å². The van der Waals surface area contributed by atoms with Crippen LogP contribution in [0.4, 0.5) is 9.59 Å². The van der Waals surface area contributed by atoms with Crippen molar-refractivity contribution in [3.63, 3.8) is 0 Å². The van der Waals surface area contributed by atoms with E-state index in [2.05, 4.69) is 10.6 Å². The molecule has 0 aliphatic rings. The molecule has 1 rings (SSSR count). The Morgan fingerprint density at radius 3 is 2.70 bits per heavy atom. The molecule has 1 aromatic heterocycles. The molecule has 1 heterocycles. The van der Waals surface area contributed by atoms with E-state index in [0.717, 1.165) is 4.88 Å². The van der Waals surface area contributed by atoms with Gasteiger partial charge >= 0.3 is 12.1 Å². The van der Waals surface area contributed by atoms with Gasteiger partial charge in [-0.3, -0.25) is 0 Å². The molecule has 0 unspecified atom stereocenters. The predicted octanol–water partition coefficient (Wildman–Crippen LogP) is 2.20. The molecule has 1 aromatic rings. The molecule has 0 aromatic carbocycles. The van der Waals surface area contributed by atoms with Crippen LogP contribution in [0.3, 0.4) is 0 Å². The first-order valence-corrected chi connectivity index (χ1v) is 7.39. The van der Waals surface area contributed by atoms with Crippen molar-refractivity contribution in [2.24, 2.45) is 0 Å². The number of nitrogens with one attached hydrogen (secondary N) is 2. The first kappa shape index (κ1) is 16.3. The maximum Gasteiger partial charge on any atom is 0.407 e. The van der Waals surface area contributed by atoms with Gasteiger partial charge in [0.05, 0.1) is 12.6 Å². The van der Waals surface area contributed by atoms with Crippen molar-refractivity contribution in [1.29, 1.82) is 0 Å². The van der Waals surface area contributed by atoms with E-state index in [4.69, 9.17) is 4.74 Å². The molecular weight excluding hydrogens is 278 g/mol. The van der Waals surface area contributed by atoms with Crippen LogP contribution in [0.25, 0.3) is 0 Å². The van der Waals surface area contributed by atoms with Gasteiger partial charge in [-0.1, -0.05) is 6.07 Å². The third-order valence-electron chi connectivity index (χ3n) is 2.80. The lowest BCUT2D eigenvalue weighted by Crippen LogP contribution is -2.42. The molecule has 6 nitrogen and oxygen atoms in total. The van der Waals surface area contributed by atoms with Crippen LogP contribution < -0.4 is 10.6 Å². The Hall–Kier alpha value is -1.76. The van der Waals surface area contributed by atoms with E-state index < -0.39 is 6.09 Å². The molecule has 3 amide bonds. The second kappa shape index (κ2) is 8.42. The summed E-state index contributed by atoms with van der Waals surface area (Å²) >= 11 is 1.62. The normalized spacial score (nSPS) is 11.6. The van der Waals surface area contributed by atoms with Gasteiger partial charge < -0.3 is 20.3 Å². The molecule has 20 heavy (non-hydrogen) atoms. The van der Waals surface area contributed by atoms with Crippen LogP contribution in [0.5, 0.6) is 0 Å². The molecule has 0 bridgehead atoms. The Morgan fingerprint density at radius 1 is 1.40 bits per heavy atom. The van der Waals surface area contributed by atoms with Crippen LogP contribution in [0, 0.1) is 0 Å². The summed E-state index contributed by atoms with van der Waals surface area (Å²) in [5, 5.41) is 7.27. The van der Waals surface area contributed by atoms with Gasteiger partial charge in [-0.15, -0.1) is 11.3 Å². The number of alkyl carbamates (subject to hydrolysis) is 1. The lowest BCUT2D eigenvalue weighted by Gasteiger charge is -2.24. The molecule has 0 saturated heterocycles. The monoisotopic (exact) mass is 299 g/mol. The Bertz CT molecular complexity index is 423. The molecule has 0 fully saturated rings. The molecule has 1 atom stereocenters. The number of hydrogen-bond acceptors (Lipinski definition) is 4. The average Bonchev–Trinajstić information content (AvgIpc) is 2.96. The van der Waals surface area contributed by atoms with Crippen molar-refractivity contribution in [2.75, 3.05) is 26.7 Å². The number of nitrogens with zero attached hydrogens (tertiary/aromatic N) is 1. The second-order valence-corrected chi connectivity index (χ2v) is 5.16. The highest BCUT2D eigenvalue weighted by atomic mass is 32.1. The number of carbonyl (C=O) groups excluding carboxylic acids is 2. The minimum atomic E-state index is -0.470. The summed E-state index contributed by atoms with van der Waals surface area (Å²) in [6.45, 7) is 4.74. The van der Waals surface area contributed by atoms with E-state index >= 15 is 0 Å². The van der Waals surface area contributed by atoms with Crippen molar-refractivity contribution in [3.05, 3.63) is 22.4 Å². The first-order chi connectivity index (χ1) is 9.56. The van der Waals surface area contributed by atoms with E-state index in [-0.39, 0.29) is 12.1 Å². The number of hydrogen-bond donors (Lipinski definition) is 2. The van der Waals surface area contributed by atoms with Gasteiger partial charge in [0.2, 0.25) is 0 Å². The van der Waals surface area contributed by atoms with Gasteiger partial charge in [-0.05, 0) is 25.3 Å². The smallest absolute Gasteiger partial charge is 0.407 e. The average molecular weight is 299 g/mol. The van der Waals surface area contributed by atoms with Crippen molar-refractivity contribution >= 4 is 23.5 Å². The molecule has 0 saturated carbocycles. The molecule has 2 N–H and O–H groups in total. The number of urea groups is 1. The predicted molar refractivity (Wildman–Crippen MR) is 78.9 cm³/mol. The summed E-state index contributed by atoms with van der Waals surface area (Å²) in [5.74, 6) is 0. The fraction of sp³-hybridized carbons (Fsp3) is 0.538. The largest absolute Gasteiger partial charge is 0.450 e. The topological polar surface area (TPSA) is 70.7 Å². The summed E-state index contributed by atoms with van der Waals surface area (Å²) < 4.78 is 4.71. The molecule has 0 radical (unpaired) electrons. The van der Waals surface area contributed by atoms with Crippen LogP contribution in [0.1, 0.15) is 24.8 Å². The summed E-state index contributed by atoms with van der Waals surface area (Å²) in [7, 11) is 1.75. The van der Waals surface area contributed by atoms with E-state index in [1.165, 1.54) is 0 Å². The van der Waals surface area contributed by atoms with Gasteiger partial charge in [0.15, 0.2) is 0 Å². The highest BCUT2D eigenvalue weighted by Gasteiger charge is 2.17.